The lowest BCUT2D eigenvalue weighted by Crippen LogP contribution is -2.49. The molecule has 1 fully saturated rings. The van der Waals surface area contributed by atoms with Gasteiger partial charge in [-0.2, -0.15) is 0 Å². The highest BCUT2D eigenvalue weighted by Gasteiger charge is 2.36. The number of piperidine rings is 1. The maximum Gasteiger partial charge on any atom is 0.410 e. The highest BCUT2D eigenvalue weighted by Crippen LogP contribution is 2.30. The molecule has 2 amide bonds. The Morgan fingerprint density at radius 1 is 1.16 bits per heavy atom. The number of fused-ring (bicyclic) bond motifs is 1. The third-order valence-corrected chi connectivity index (χ3v) is 8.46. The van der Waals surface area contributed by atoms with Crippen LogP contribution in [0.15, 0.2) is 35.4 Å². The summed E-state index contributed by atoms with van der Waals surface area (Å²) in [4.78, 5) is 36.3. The molecule has 1 aromatic heterocycles. The van der Waals surface area contributed by atoms with Crippen molar-refractivity contribution in [2.24, 2.45) is 11.8 Å². The van der Waals surface area contributed by atoms with Gasteiger partial charge in [0.05, 0.1) is 34.9 Å². The topological polar surface area (TPSA) is 122 Å². The van der Waals surface area contributed by atoms with Gasteiger partial charge in [-0.15, -0.1) is 0 Å². The lowest BCUT2D eigenvalue weighted by atomic mass is 9.86. The van der Waals surface area contributed by atoms with Gasteiger partial charge in [-0.1, -0.05) is 24.6 Å². The summed E-state index contributed by atoms with van der Waals surface area (Å²) in [5.74, 6) is -0.0830. The lowest BCUT2D eigenvalue weighted by Gasteiger charge is -2.36. The number of hydrogen-bond donors (Lipinski definition) is 1. The molecule has 2 atom stereocenters. The van der Waals surface area contributed by atoms with E-state index in [2.05, 4.69) is 15.3 Å². The maximum atomic E-state index is 13.1. The number of likely N-dealkylation sites (tertiary alicyclic amines) is 1. The number of benzene rings is 1. The molecule has 200 valence electrons. The largest absolute Gasteiger partial charge is 0.444 e. The van der Waals surface area contributed by atoms with Crippen LogP contribution < -0.4 is 9.62 Å². The number of aryl methyl sites for hydroxylation is 1. The molecule has 0 aliphatic carbocycles. The van der Waals surface area contributed by atoms with Crippen molar-refractivity contribution >= 4 is 27.8 Å². The summed E-state index contributed by atoms with van der Waals surface area (Å²) in [6.45, 7) is 10.6. The summed E-state index contributed by atoms with van der Waals surface area (Å²) in [5, 5.41) is 2.92. The molecule has 2 aliphatic rings. The summed E-state index contributed by atoms with van der Waals surface area (Å²) in [5.41, 5.74) is 1.52. The van der Waals surface area contributed by atoms with E-state index in [0.717, 1.165) is 5.56 Å². The van der Waals surface area contributed by atoms with E-state index in [-0.39, 0.29) is 35.7 Å². The first kappa shape index (κ1) is 26.8. The third-order valence-electron chi connectivity index (χ3n) is 6.66. The zero-order valence-corrected chi connectivity index (χ0v) is 22.8. The van der Waals surface area contributed by atoms with Gasteiger partial charge in [-0.25, -0.2) is 22.5 Å². The fourth-order valence-corrected chi connectivity index (χ4v) is 5.97. The molecule has 0 saturated carbocycles. The second-order valence-corrected chi connectivity index (χ2v) is 12.7. The molecule has 0 spiro atoms. The molecular formula is C26H35N5O5S. The number of hydrogen-bond acceptors (Lipinski definition) is 7. The predicted molar refractivity (Wildman–Crippen MR) is 138 cm³/mol. The average molecular weight is 530 g/mol. The van der Waals surface area contributed by atoms with Crippen molar-refractivity contribution in [3.63, 3.8) is 0 Å². The summed E-state index contributed by atoms with van der Waals surface area (Å²) < 4.78 is 33.0. The highest BCUT2D eigenvalue weighted by molar-refractivity contribution is 7.92. The molecule has 2 aromatic rings. The molecule has 1 saturated heterocycles. The smallest absolute Gasteiger partial charge is 0.410 e. The predicted octanol–water partition coefficient (Wildman–Crippen LogP) is 3.05. The Kier molecular flexibility index (Phi) is 7.45. The molecule has 2 aliphatic heterocycles. The molecule has 0 bridgehead atoms. The van der Waals surface area contributed by atoms with Crippen molar-refractivity contribution in [2.75, 3.05) is 23.9 Å². The van der Waals surface area contributed by atoms with E-state index in [9.17, 15) is 18.0 Å². The van der Waals surface area contributed by atoms with Crippen LogP contribution in [0.2, 0.25) is 0 Å². The van der Waals surface area contributed by atoms with Crippen molar-refractivity contribution in [3.05, 3.63) is 47.4 Å². The fourth-order valence-electron chi connectivity index (χ4n) is 4.52. The number of nitrogens with zero attached hydrogens (tertiary/aromatic N) is 4. The van der Waals surface area contributed by atoms with E-state index in [0.29, 0.717) is 43.1 Å². The Hall–Kier alpha value is -3.21. The first-order chi connectivity index (χ1) is 17.3. The Bertz CT molecular complexity index is 1270. The molecule has 10 nitrogen and oxygen atoms in total. The van der Waals surface area contributed by atoms with E-state index < -0.39 is 21.7 Å². The van der Waals surface area contributed by atoms with Gasteiger partial charge >= 0.3 is 6.09 Å². The van der Waals surface area contributed by atoms with E-state index in [1.165, 1.54) is 10.5 Å². The third kappa shape index (κ3) is 6.03. The number of carbonyl (C=O) groups is 2. The van der Waals surface area contributed by atoms with Crippen LogP contribution in [0.3, 0.4) is 0 Å². The number of sulfonamides is 1. The first-order valence-corrected chi connectivity index (χ1v) is 14.0. The zero-order chi connectivity index (χ0) is 27.0. The summed E-state index contributed by atoms with van der Waals surface area (Å²) >= 11 is 0. The fraction of sp³-hybridized carbons (Fsp3) is 0.538. The molecular weight excluding hydrogens is 494 g/mol. The number of nitrogens with one attached hydrogen (secondary N) is 1. The summed E-state index contributed by atoms with van der Waals surface area (Å²) in [6.07, 6.45) is 2.24. The summed E-state index contributed by atoms with van der Waals surface area (Å²) in [6, 6.07) is 6.72. The van der Waals surface area contributed by atoms with E-state index in [4.69, 9.17) is 4.74 Å². The number of carbonyl (C=O) groups excluding carboxylic acids is 2. The maximum absolute atomic E-state index is 13.1. The van der Waals surface area contributed by atoms with E-state index in [1.807, 2.05) is 34.6 Å². The second kappa shape index (κ2) is 10.3. The minimum absolute atomic E-state index is 0.116. The van der Waals surface area contributed by atoms with E-state index >= 15 is 0 Å². The monoisotopic (exact) mass is 529 g/mol. The zero-order valence-electron chi connectivity index (χ0n) is 22.0. The number of rotatable bonds is 5. The number of aromatic nitrogens is 2. The number of ether oxygens (including phenoxy) is 1. The molecule has 1 aromatic carbocycles. The van der Waals surface area contributed by atoms with Gasteiger partial charge in [0.25, 0.3) is 10.0 Å². The Morgan fingerprint density at radius 3 is 2.54 bits per heavy atom. The van der Waals surface area contributed by atoms with Gasteiger partial charge in [0, 0.05) is 26.1 Å². The molecule has 11 heteroatoms. The summed E-state index contributed by atoms with van der Waals surface area (Å²) in [7, 11) is -3.73. The van der Waals surface area contributed by atoms with Gasteiger partial charge in [0.1, 0.15) is 5.60 Å². The Balaban J connectivity index is 1.39. The standard InChI is InChI=1S/C26H35N5O5S/c1-17-6-8-20(9-7-17)37(34,35)31-13-11-22-23(31)27-14-19(29-22)15-28-24(32)21-16-30(12-10-18(21)2)25(33)36-26(3,4)5/h6-9,14,18,21H,10-13,15-16H2,1-5H3,(H,28,32)/t18-,21+/m1/s1. The normalized spacial score (nSPS) is 19.9. The Labute approximate surface area is 218 Å². The number of amides is 2. The van der Waals surface area contributed by atoms with Crippen molar-refractivity contribution in [3.8, 4) is 0 Å². The van der Waals surface area contributed by atoms with Gasteiger partial charge in [-0.3, -0.25) is 9.78 Å². The molecule has 3 heterocycles. The SMILES string of the molecule is Cc1ccc(S(=O)(=O)N2CCc3nc(CNC(=O)[C@H]4CN(C(=O)OC(C)(C)C)CC[C@H]4C)cnc32)cc1. The average Bonchev–Trinajstić information content (AvgIpc) is 3.26. The van der Waals surface area contributed by atoms with Crippen LogP contribution in [0.1, 0.15) is 51.1 Å². The number of anilines is 1. The van der Waals surface area contributed by atoms with Crippen LogP contribution >= 0.6 is 0 Å². The first-order valence-electron chi connectivity index (χ1n) is 12.5. The minimum Gasteiger partial charge on any atom is -0.444 e. The second-order valence-electron chi connectivity index (χ2n) is 10.8. The molecule has 0 radical (unpaired) electrons. The van der Waals surface area contributed by atoms with Gasteiger partial charge in [0.15, 0.2) is 5.82 Å². The van der Waals surface area contributed by atoms with Crippen LogP contribution in [0.4, 0.5) is 10.6 Å². The van der Waals surface area contributed by atoms with Crippen molar-refractivity contribution in [1.82, 2.24) is 20.2 Å². The highest BCUT2D eigenvalue weighted by atomic mass is 32.2. The quantitative estimate of drug-likeness (QED) is 0.632. The van der Waals surface area contributed by atoms with Crippen molar-refractivity contribution < 1.29 is 22.7 Å². The van der Waals surface area contributed by atoms with Crippen LogP contribution in [-0.2, 0) is 32.5 Å². The van der Waals surface area contributed by atoms with Crippen LogP contribution in [0.25, 0.3) is 0 Å². The molecule has 1 N–H and O–H groups in total. The van der Waals surface area contributed by atoms with Crippen LogP contribution in [0, 0.1) is 18.8 Å². The minimum atomic E-state index is -3.73. The van der Waals surface area contributed by atoms with Crippen molar-refractivity contribution in [1.29, 1.82) is 0 Å². The van der Waals surface area contributed by atoms with Gasteiger partial charge < -0.3 is 15.0 Å². The Morgan fingerprint density at radius 2 is 1.86 bits per heavy atom. The molecule has 0 unspecified atom stereocenters. The molecule has 37 heavy (non-hydrogen) atoms. The van der Waals surface area contributed by atoms with Gasteiger partial charge in [0.2, 0.25) is 5.91 Å². The lowest BCUT2D eigenvalue weighted by molar-refractivity contribution is -0.128. The van der Waals surface area contributed by atoms with Crippen LogP contribution in [0.5, 0.6) is 0 Å². The van der Waals surface area contributed by atoms with Gasteiger partial charge in [-0.05, 0) is 52.2 Å². The van der Waals surface area contributed by atoms with Crippen LogP contribution in [-0.4, -0.2) is 60.5 Å². The van der Waals surface area contributed by atoms with E-state index in [1.54, 1.807) is 29.2 Å². The van der Waals surface area contributed by atoms with Crippen molar-refractivity contribution in [2.45, 2.75) is 64.5 Å². The molecule has 4 rings (SSSR count).